The molecule has 1 amide bonds. The molecule has 0 unspecified atom stereocenters. The number of aromatic nitrogens is 1. The Morgan fingerprint density at radius 1 is 0.917 bits per heavy atom. The molecule has 4 rings (SSSR count). The lowest BCUT2D eigenvalue weighted by atomic mass is 9.84. The zero-order chi connectivity index (χ0) is 43.9. The number of carbonyl (C=O) groups excluding carboxylic acids is 1. The second-order valence-corrected chi connectivity index (χ2v) is 17.5. The standard InChI is InChI=1S/C47H72N10O3/c1-10-12-13-22-51-45(52-41(49)14-11-2)43-34(3)21-23-57(43)30-38-19-20-39(29-40(38)59-9)47(7,8)33-60-32-46(5,6)31-55-24-26-56(27-25-55)42(58)28-36-15-17-37(18-16-36)44(50)54-53-35(4)48/h15-21,23,29,51H,3,10-14,22,24-28,30-33H2,1-2,4-9H3,(H2,48,53)(H2,49,52)(H2,50,54)/b45-43+. The third-order valence-corrected chi connectivity index (χ3v) is 10.8. The Hall–Kier alpha value is -5.14. The van der Waals surface area contributed by atoms with Crippen LogP contribution in [-0.4, -0.2) is 97.4 Å². The number of aliphatic imine (C=N–C) groups is 1. The minimum Gasteiger partial charge on any atom is -0.496 e. The summed E-state index contributed by atoms with van der Waals surface area (Å²) in [7, 11) is 1.73. The molecule has 1 aliphatic rings. The van der Waals surface area contributed by atoms with Crippen LogP contribution in [0.5, 0.6) is 5.75 Å². The van der Waals surface area contributed by atoms with E-state index in [1.54, 1.807) is 14.0 Å². The van der Waals surface area contributed by atoms with Gasteiger partial charge < -0.3 is 41.5 Å². The number of benzene rings is 2. The third-order valence-electron chi connectivity index (χ3n) is 10.8. The molecule has 1 fully saturated rings. The molecule has 7 N–H and O–H groups in total. The molecule has 0 aliphatic carbocycles. The number of nitrogens with zero attached hydrogens (tertiary/aromatic N) is 6. The number of unbranched alkanes of at least 4 members (excludes halogenated alkanes) is 2. The molecule has 13 nitrogen and oxygen atoms in total. The maximum absolute atomic E-state index is 13.2. The highest BCUT2D eigenvalue weighted by molar-refractivity contribution is 5.98. The number of ether oxygens (including phenoxy) is 2. The molecule has 0 atom stereocenters. The summed E-state index contributed by atoms with van der Waals surface area (Å²) in [5, 5.41) is 13.1. The molecule has 0 saturated carbocycles. The van der Waals surface area contributed by atoms with E-state index in [9.17, 15) is 4.79 Å². The van der Waals surface area contributed by atoms with Crippen LogP contribution in [0.25, 0.3) is 12.4 Å². The first-order valence-electron chi connectivity index (χ1n) is 21.5. The zero-order valence-corrected chi connectivity index (χ0v) is 37.6. The van der Waals surface area contributed by atoms with Crippen LogP contribution < -0.4 is 37.8 Å². The highest BCUT2D eigenvalue weighted by atomic mass is 16.5. The summed E-state index contributed by atoms with van der Waals surface area (Å²) in [5.74, 6) is 2.94. The summed E-state index contributed by atoms with van der Waals surface area (Å²) < 4.78 is 14.6. The van der Waals surface area contributed by atoms with E-state index in [1.807, 2.05) is 35.2 Å². The van der Waals surface area contributed by atoms with Crippen molar-refractivity contribution >= 4 is 35.8 Å². The lowest BCUT2D eigenvalue weighted by Gasteiger charge is -2.39. The van der Waals surface area contributed by atoms with Crippen molar-refractivity contribution in [1.29, 1.82) is 0 Å². The number of hydrogen-bond donors (Lipinski definition) is 4. The highest BCUT2D eigenvalue weighted by Gasteiger charge is 2.29. The Kier molecular flexibility index (Phi) is 17.8. The SMILES string of the molecule is C=c1ccn(Cc2ccc(C(C)(C)COCC(C)(C)CN3CCN(C(=O)Cc4ccc(/C(N)=N/N=C(/C)N)cc4)CC3)cc2OC)/c1=C(/N=C(/N)CCC)NCCCCC. The van der Waals surface area contributed by atoms with Crippen LogP contribution in [-0.2, 0) is 27.9 Å². The van der Waals surface area contributed by atoms with Gasteiger partial charge in [-0.05, 0) is 48.2 Å². The van der Waals surface area contributed by atoms with Crippen molar-refractivity contribution in [3.05, 3.63) is 87.5 Å². The largest absolute Gasteiger partial charge is 0.496 e. The molecule has 0 radical (unpaired) electrons. The van der Waals surface area contributed by atoms with Gasteiger partial charge in [0.25, 0.3) is 0 Å². The Labute approximate surface area is 358 Å². The number of amidine groups is 3. The highest BCUT2D eigenvalue weighted by Crippen LogP contribution is 2.31. The van der Waals surface area contributed by atoms with Crippen molar-refractivity contribution in [3.63, 3.8) is 0 Å². The Balaban J connectivity index is 1.32. The van der Waals surface area contributed by atoms with Crippen molar-refractivity contribution in [2.24, 2.45) is 37.8 Å². The van der Waals surface area contributed by atoms with Gasteiger partial charge in [0.1, 0.15) is 17.4 Å². The number of rotatable bonds is 22. The molecular weight excluding hydrogens is 753 g/mol. The van der Waals surface area contributed by atoms with Crippen LogP contribution in [0.15, 0.2) is 69.9 Å². The van der Waals surface area contributed by atoms with Gasteiger partial charge in [-0.25, -0.2) is 4.99 Å². The van der Waals surface area contributed by atoms with Gasteiger partial charge in [-0.1, -0.05) is 97.4 Å². The van der Waals surface area contributed by atoms with Crippen LogP contribution in [0.1, 0.15) is 103 Å². The van der Waals surface area contributed by atoms with Gasteiger partial charge in [-0.2, -0.15) is 0 Å². The van der Waals surface area contributed by atoms with E-state index >= 15 is 0 Å². The molecule has 13 heteroatoms. The molecule has 1 saturated heterocycles. The van der Waals surface area contributed by atoms with Crippen molar-refractivity contribution in [2.75, 3.05) is 59.6 Å². The molecule has 0 spiro atoms. The van der Waals surface area contributed by atoms with Crippen LogP contribution >= 0.6 is 0 Å². The van der Waals surface area contributed by atoms with Gasteiger partial charge in [-0.15, -0.1) is 10.2 Å². The molecule has 1 aromatic heterocycles. The van der Waals surface area contributed by atoms with Gasteiger partial charge in [0.15, 0.2) is 11.7 Å². The molecule has 3 aromatic rings. The average Bonchev–Trinajstić information content (AvgIpc) is 3.57. The molecular formula is C47H72N10O3. The maximum Gasteiger partial charge on any atom is 0.227 e. The van der Waals surface area contributed by atoms with E-state index < -0.39 is 0 Å². The second-order valence-electron chi connectivity index (χ2n) is 17.5. The summed E-state index contributed by atoms with van der Waals surface area (Å²) in [4.78, 5) is 22.4. The summed E-state index contributed by atoms with van der Waals surface area (Å²) in [6.07, 6.45) is 7.43. The predicted octanol–water partition coefficient (Wildman–Crippen LogP) is 4.66. The first kappa shape index (κ1) is 47.5. The van der Waals surface area contributed by atoms with Gasteiger partial charge in [-0.3, -0.25) is 9.69 Å². The molecule has 0 bridgehead atoms. The molecule has 1 aliphatic heterocycles. The van der Waals surface area contributed by atoms with Gasteiger partial charge in [0, 0.05) is 73.8 Å². The number of nitrogens with two attached hydrogens (primary N) is 3. The normalized spacial score (nSPS) is 15.3. The van der Waals surface area contributed by atoms with Gasteiger partial charge in [0.05, 0.1) is 38.6 Å². The fraction of sp³-hybridized carbons (Fsp3) is 0.532. The number of methoxy groups -OCH3 is 1. The monoisotopic (exact) mass is 825 g/mol. The van der Waals surface area contributed by atoms with Gasteiger partial charge >= 0.3 is 0 Å². The van der Waals surface area contributed by atoms with Crippen LogP contribution in [0.4, 0.5) is 0 Å². The van der Waals surface area contributed by atoms with E-state index in [1.165, 1.54) is 0 Å². The first-order valence-corrected chi connectivity index (χ1v) is 21.5. The quantitative estimate of drug-likeness (QED) is 0.0490. The van der Waals surface area contributed by atoms with Crippen LogP contribution in [0.2, 0.25) is 0 Å². The van der Waals surface area contributed by atoms with Crippen LogP contribution in [0, 0.1) is 5.41 Å². The van der Waals surface area contributed by atoms with Crippen molar-refractivity contribution in [3.8, 4) is 5.75 Å². The molecule has 2 aromatic carbocycles. The predicted molar refractivity (Wildman–Crippen MR) is 248 cm³/mol. The molecule has 328 valence electrons. The Morgan fingerprint density at radius 3 is 2.28 bits per heavy atom. The number of carbonyl (C=O) groups is 1. The van der Waals surface area contributed by atoms with Gasteiger partial charge in [0.2, 0.25) is 5.91 Å². The van der Waals surface area contributed by atoms with Crippen LogP contribution in [0.3, 0.4) is 0 Å². The van der Waals surface area contributed by atoms with E-state index in [0.29, 0.717) is 50.9 Å². The molecule has 2 heterocycles. The van der Waals surface area contributed by atoms with E-state index in [4.69, 9.17) is 31.7 Å². The third kappa shape index (κ3) is 14.3. The van der Waals surface area contributed by atoms with Crippen molar-refractivity contribution in [1.82, 2.24) is 19.7 Å². The van der Waals surface area contributed by atoms with E-state index in [0.717, 1.165) is 103 Å². The number of hydrogen-bond acceptors (Lipinski definition) is 8. The minimum absolute atomic E-state index is 0.0711. The first-order chi connectivity index (χ1) is 28.5. The average molecular weight is 825 g/mol. The summed E-state index contributed by atoms with van der Waals surface area (Å²) in [6, 6.07) is 16.0. The zero-order valence-electron chi connectivity index (χ0n) is 37.6. The summed E-state index contributed by atoms with van der Waals surface area (Å²) >= 11 is 0. The maximum atomic E-state index is 13.2. The lowest BCUT2D eigenvalue weighted by molar-refractivity contribution is -0.132. The van der Waals surface area contributed by atoms with E-state index in [-0.39, 0.29) is 22.6 Å². The fourth-order valence-electron chi connectivity index (χ4n) is 7.37. The summed E-state index contributed by atoms with van der Waals surface area (Å²) in [6.45, 7) is 25.8. The molecule has 60 heavy (non-hydrogen) atoms. The van der Waals surface area contributed by atoms with E-state index in [2.05, 4.69) is 97.5 Å². The number of amides is 1. The number of nitrogens with one attached hydrogen (secondary N) is 1. The van der Waals surface area contributed by atoms with Crippen molar-refractivity contribution < 1.29 is 14.3 Å². The minimum atomic E-state index is -0.249. The van der Waals surface area contributed by atoms with Crippen molar-refractivity contribution in [2.45, 2.75) is 99.0 Å². The fourth-order valence-corrected chi connectivity index (χ4v) is 7.37. The topological polar surface area (TPSA) is 174 Å². The lowest BCUT2D eigenvalue weighted by Crippen LogP contribution is -2.51. The Morgan fingerprint density at radius 2 is 1.63 bits per heavy atom. The second kappa shape index (κ2) is 22.5. The number of piperazine rings is 1. The Bertz CT molecular complexity index is 2050. The summed E-state index contributed by atoms with van der Waals surface area (Å²) in [5.41, 5.74) is 21.4. The smallest absolute Gasteiger partial charge is 0.227 e.